The van der Waals surface area contributed by atoms with Crippen LogP contribution in [0.2, 0.25) is 0 Å². The quantitative estimate of drug-likeness (QED) is 0.489. The largest absolute Gasteiger partial charge is 0.496 e. The zero-order valence-electron chi connectivity index (χ0n) is 12.9. The van der Waals surface area contributed by atoms with E-state index in [0.717, 1.165) is 23.4 Å². The molecule has 5 rings (SSSR count). The zero-order chi connectivity index (χ0) is 16.0. The summed E-state index contributed by atoms with van der Waals surface area (Å²) in [6.07, 6.45) is 7.72. The highest BCUT2D eigenvalue weighted by Gasteiger charge is 2.56. The van der Waals surface area contributed by atoms with E-state index in [1.807, 2.05) is 24.3 Å². The van der Waals surface area contributed by atoms with Crippen molar-refractivity contribution in [3.05, 3.63) is 42.0 Å². The molecular formula is C18H18N2O3. The van der Waals surface area contributed by atoms with E-state index in [9.17, 15) is 9.59 Å². The number of carbonyl (C=O) groups excluding carboxylic acids is 2. The Morgan fingerprint density at radius 1 is 1.09 bits per heavy atom. The number of hydrogen-bond acceptors (Lipinski definition) is 4. The normalized spacial score (nSPS) is 32.0. The van der Waals surface area contributed by atoms with Gasteiger partial charge in [-0.3, -0.25) is 9.59 Å². The van der Waals surface area contributed by atoms with Crippen molar-refractivity contribution in [2.24, 2.45) is 28.8 Å². The van der Waals surface area contributed by atoms with Crippen molar-refractivity contribution in [3.8, 4) is 5.75 Å². The molecule has 1 aromatic carbocycles. The molecule has 1 heterocycles. The van der Waals surface area contributed by atoms with Crippen molar-refractivity contribution in [3.63, 3.8) is 0 Å². The van der Waals surface area contributed by atoms with Crippen LogP contribution in [-0.2, 0) is 9.59 Å². The number of nitrogens with zero attached hydrogens (tertiary/aromatic N) is 2. The highest BCUT2D eigenvalue weighted by Crippen LogP contribution is 2.49. The molecule has 5 heteroatoms. The fourth-order valence-electron chi connectivity index (χ4n) is 4.07. The first-order chi connectivity index (χ1) is 11.2. The lowest BCUT2D eigenvalue weighted by atomic mass is 9.63. The average Bonchev–Trinajstić information content (AvgIpc) is 2.87. The number of amides is 2. The van der Waals surface area contributed by atoms with Crippen LogP contribution in [0.15, 0.2) is 41.5 Å². The molecule has 4 aliphatic rings. The van der Waals surface area contributed by atoms with Gasteiger partial charge in [0.2, 0.25) is 0 Å². The molecule has 23 heavy (non-hydrogen) atoms. The zero-order valence-corrected chi connectivity index (χ0v) is 12.9. The van der Waals surface area contributed by atoms with Gasteiger partial charge in [0.25, 0.3) is 11.8 Å². The van der Waals surface area contributed by atoms with Crippen LogP contribution < -0.4 is 4.74 Å². The lowest BCUT2D eigenvalue weighted by Gasteiger charge is -2.37. The van der Waals surface area contributed by atoms with Gasteiger partial charge in [-0.25, -0.2) is 0 Å². The Bertz CT molecular complexity index is 693. The van der Waals surface area contributed by atoms with Gasteiger partial charge >= 0.3 is 0 Å². The van der Waals surface area contributed by atoms with Crippen LogP contribution in [0, 0.1) is 23.7 Å². The first-order valence-corrected chi connectivity index (χ1v) is 7.94. The molecule has 3 aliphatic carbocycles. The maximum Gasteiger partial charge on any atom is 0.254 e. The summed E-state index contributed by atoms with van der Waals surface area (Å²) in [5, 5.41) is 5.26. The number of hydrogen-bond donors (Lipinski definition) is 0. The van der Waals surface area contributed by atoms with Crippen LogP contribution >= 0.6 is 0 Å². The molecule has 0 spiro atoms. The number of fused-ring (bicyclic) bond motifs is 1. The fourth-order valence-corrected chi connectivity index (χ4v) is 4.07. The Kier molecular flexibility index (Phi) is 3.29. The molecule has 1 saturated carbocycles. The van der Waals surface area contributed by atoms with Gasteiger partial charge in [0.1, 0.15) is 5.75 Å². The van der Waals surface area contributed by atoms with Crippen LogP contribution in [-0.4, -0.2) is 30.1 Å². The SMILES string of the molecule is COc1ccccc1/C=N\N1C(=O)[C@@H]2[C@H](C1=O)[C@@H]1C=C[C@H]2CC1. The van der Waals surface area contributed by atoms with Crippen LogP contribution in [0.5, 0.6) is 5.75 Å². The van der Waals surface area contributed by atoms with E-state index in [4.69, 9.17) is 4.74 Å². The molecule has 1 saturated heterocycles. The molecule has 2 fully saturated rings. The molecule has 118 valence electrons. The van der Waals surface area contributed by atoms with Crippen LogP contribution in [0.4, 0.5) is 0 Å². The van der Waals surface area contributed by atoms with Gasteiger partial charge in [-0.2, -0.15) is 10.1 Å². The highest BCUT2D eigenvalue weighted by molar-refractivity contribution is 6.06. The Morgan fingerprint density at radius 2 is 1.70 bits per heavy atom. The van der Waals surface area contributed by atoms with E-state index in [2.05, 4.69) is 17.3 Å². The fraction of sp³-hybridized carbons (Fsp3) is 0.389. The Hall–Kier alpha value is -2.43. The van der Waals surface area contributed by atoms with E-state index >= 15 is 0 Å². The predicted octanol–water partition coefficient (Wildman–Crippen LogP) is 2.23. The molecule has 0 unspecified atom stereocenters. The van der Waals surface area contributed by atoms with Crippen LogP contribution in [0.25, 0.3) is 0 Å². The summed E-state index contributed by atoms with van der Waals surface area (Å²) >= 11 is 0. The Balaban J connectivity index is 1.62. The first-order valence-electron chi connectivity index (χ1n) is 7.94. The van der Waals surface area contributed by atoms with Crippen LogP contribution in [0.1, 0.15) is 18.4 Å². The minimum atomic E-state index is -0.221. The number of ether oxygens (including phenoxy) is 1. The summed E-state index contributed by atoms with van der Waals surface area (Å²) in [4.78, 5) is 25.3. The lowest BCUT2D eigenvalue weighted by molar-refractivity contribution is -0.140. The molecular weight excluding hydrogens is 292 g/mol. The van der Waals surface area contributed by atoms with Crippen molar-refractivity contribution in [1.29, 1.82) is 0 Å². The van der Waals surface area contributed by atoms with Gasteiger partial charge < -0.3 is 4.74 Å². The average molecular weight is 310 g/mol. The van der Waals surface area contributed by atoms with Crippen molar-refractivity contribution < 1.29 is 14.3 Å². The van der Waals surface area contributed by atoms with Gasteiger partial charge in [-0.1, -0.05) is 24.3 Å². The summed E-state index contributed by atoms with van der Waals surface area (Å²) < 4.78 is 5.26. The molecule has 2 amide bonds. The van der Waals surface area contributed by atoms with Crippen molar-refractivity contribution in [2.75, 3.05) is 7.11 Å². The molecule has 0 N–H and O–H groups in total. The van der Waals surface area contributed by atoms with E-state index in [1.165, 1.54) is 6.21 Å². The van der Waals surface area contributed by atoms with Gasteiger partial charge in [-0.05, 0) is 36.8 Å². The number of rotatable bonds is 3. The molecule has 4 atom stereocenters. The van der Waals surface area contributed by atoms with E-state index < -0.39 is 0 Å². The van der Waals surface area contributed by atoms with Crippen molar-refractivity contribution in [2.45, 2.75) is 12.8 Å². The second-order valence-corrected chi connectivity index (χ2v) is 6.32. The van der Waals surface area contributed by atoms with Crippen molar-refractivity contribution >= 4 is 18.0 Å². The van der Waals surface area contributed by atoms with Gasteiger partial charge in [0.15, 0.2) is 0 Å². The maximum absolute atomic E-state index is 12.6. The van der Waals surface area contributed by atoms with E-state index in [0.29, 0.717) is 5.75 Å². The Labute approximate surface area is 134 Å². The predicted molar refractivity (Wildman–Crippen MR) is 84.8 cm³/mol. The number of imide groups is 1. The van der Waals surface area contributed by atoms with Gasteiger partial charge in [0.05, 0.1) is 25.2 Å². The maximum atomic E-state index is 12.6. The third-order valence-corrected chi connectivity index (χ3v) is 5.19. The summed E-state index contributed by atoms with van der Waals surface area (Å²) in [5.41, 5.74) is 0.742. The molecule has 5 nitrogen and oxygen atoms in total. The van der Waals surface area contributed by atoms with Gasteiger partial charge in [-0.15, -0.1) is 0 Å². The second kappa shape index (κ2) is 5.33. The number of carbonyl (C=O) groups is 2. The monoisotopic (exact) mass is 310 g/mol. The number of hydrazone groups is 1. The number of allylic oxidation sites excluding steroid dienone is 2. The topological polar surface area (TPSA) is 59.0 Å². The summed E-state index contributed by atoms with van der Waals surface area (Å²) in [7, 11) is 1.58. The molecule has 0 aromatic heterocycles. The summed E-state index contributed by atoms with van der Waals surface area (Å²) in [6.45, 7) is 0. The third-order valence-electron chi connectivity index (χ3n) is 5.19. The first kappa shape index (κ1) is 14.2. The molecule has 2 bridgehead atoms. The Morgan fingerprint density at radius 3 is 2.26 bits per heavy atom. The minimum Gasteiger partial charge on any atom is -0.496 e. The summed E-state index contributed by atoms with van der Waals surface area (Å²) in [5.74, 6) is 0.271. The van der Waals surface area contributed by atoms with Crippen LogP contribution in [0.3, 0.4) is 0 Å². The number of para-hydroxylation sites is 1. The smallest absolute Gasteiger partial charge is 0.254 e. The standard InChI is InChI=1S/C18H18N2O3/c1-23-14-5-3-2-4-13(14)10-19-20-17(21)15-11-6-7-12(9-8-11)16(15)18(20)22/h2-7,10-12,15-16H,8-9H2,1H3/b19-10-/t11-,12+,15-,16+. The molecule has 1 aromatic rings. The summed E-state index contributed by atoms with van der Waals surface area (Å²) in [6, 6.07) is 7.38. The number of methoxy groups -OCH3 is 1. The van der Waals surface area contributed by atoms with Gasteiger partial charge in [0, 0.05) is 5.56 Å². The minimum absolute atomic E-state index is 0.162. The second-order valence-electron chi connectivity index (χ2n) is 6.32. The van der Waals surface area contributed by atoms with Crippen molar-refractivity contribution in [1.82, 2.24) is 5.01 Å². The highest BCUT2D eigenvalue weighted by atomic mass is 16.5. The molecule has 0 radical (unpaired) electrons. The number of benzene rings is 1. The van der Waals surface area contributed by atoms with E-state index in [1.54, 1.807) is 7.11 Å². The lowest BCUT2D eigenvalue weighted by Crippen LogP contribution is -2.38. The molecule has 1 aliphatic heterocycles. The third kappa shape index (κ3) is 2.11. The van der Waals surface area contributed by atoms with E-state index in [-0.39, 0.29) is 35.5 Å².